The van der Waals surface area contributed by atoms with E-state index in [4.69, 9.17) is 9.47 Å². The number of carbonyl (C=O) groups excluding carboxylic acids is 2. The van der Waals surface area contributed by atoms with Crippen LogP contribution in [-0.2, 0) is 14.3 Å². The molecule has 2 atom stereocenters. The molecule has 142 valence electrons. The van der Waals surface area contributed by atoms with Crippen LogP contribution in [0.4, 0.5) is 5.69 Å². The Bertz CT molecular complexity index is 721. The molecule has 0 unspecified atom stereocenters. The number of hydrogen-bond donors (Lipinski definition) is 0. The van der Waals surface area contributed by atoms with Crippen LogP contribution in [0.3, 0.4) is 0 Å². The van der Waals surface area contributed by atoms with Gasteiger partial charge in [0.1, 0.15) is 12.3 Å². The number of anilines is 1. The summed E-state index contributed by atoms with van der Waals surface area (Å²) in [6, 6.07) is 5.54. The molecule has 1 fully saturated rings. The molecular weight excluding hydrogens is 400 g/mol. The van der Waals surface area contributed by atoms with E-state index >= 15 is 0 Å². The number of likely N-dealkylation sites (N-methyl/N-ethyl adjacent to an activating group) is 1. The summed E-state index contributed by atoms with van der Waals surface area (Å²) in [4.78, 5) is 28.4. The van der Waals surface area contributed by atoms with Crippen LogP contribution in [0.25, 0.3) is 0 Å². The smallest absolute Gasteiger partial charge is 0.265 e. The Labute approximate surface area is 162 Å². The zero-order chi connectivity index (χ0) is 19.1. The van der Waals surface area contributed by atoms with Crippen LogP contribution in [0.1, 0.15) is 27.2 Å². The maximum absolute atomic E-state index is 12.9. The molecular formula is C19H25BrN2O4. The molecule has 1 aliphatic carbocycles. The van der Waals surface area contributed by atoms with E-state index in [0.717, 1.165) is 10.9 Å². The average Bonchev–Trinajstić information content (AvgIpc) is 2.60. The van der Waals surface area contributed by atoms with Crippen molar-refractivity contribution in [2.24, 2.45) is 5.41 Å². The van der Waals surface area contributed by atoms with E-state index < -0.39 is 0 Å². The predicted molar refractivity (Wildman–Crippen MR) is 102 cm³/mol. The number of carbonyl (C=O) groups is 2. The maximum Gasteiger partial charge on any atom is 0.265 e. The van der Waals surface area contributed by atoms with Crippen molar-refractivity contribution in [3.8, 4) is 5.75 Å². The highest BCUT2D eigenvalue weighted by atomic mass is 79.9. The van der Waals surface area contributed by atoms with Crippen molar-refractivity contribution in [3.05, 3.63) is 22.7 Å². The van der Waals surface area contributed by atoms with Gasteiger partial charge in [0.25, 0.3) is 5.91 Å². The zero-order valence-electron chi connectivity index (χ0n) is 15.6. The van der Waals surface area contributed by atoms with Gasteiger partial charge in [-0.05, 0) is 31.5 Å². The minimum Gasteiger partial charge on any atom is -0.482 e. The van der Waals surface area contributed by atoms with Gasteiger partial charge in [-0.3, -0.25) is 14.5 Å². The minimum absolute atomic E-state index is 0.0131. The monoisotopic (exact) mass is 424 g/mol. The number of ether oxygens (including phenoxy) is 2. The third-order valence-corrected chi connectivity index (χ3v) is 6.01. The molecule has 1 aromatic carbocycles. The van der Waals surface area contributed by atoms with Gasteiger partial charge in [-0.1, -0.05) is 29.8 Å². The summed E-state index contributed by atoms with van der Waals surface area (Å²) < 4.78 is 12.1. The van der Waals surface area contributed by atoms with E-state index in [9.17, 15) is 9.59 Å². The lowest BCUT2D eigenvalue weighted by molar-refractivity contribution is -0.162. The van der Waals surface area contributed by atoms with Crippen molar-refractivity contribution < 1.29 is 19.1 Å². The van der Waals surface area contributed by atoms with Crippen molar-refractivity contribution in [2.75, 3.05) is 31.7 Å². The summed E-state index contributed by atoms with van der Waals surface area (Å²) >= 11 is 3.40. The van der Waals surface area contributed by atoms with E-state index in [1.54, 1.807) is 11.0 Å². The fourth-order valence-corrected chi connectivity index (χ4v) is 4.12. The number of benzene rings is 1. The van der Waals surface area contributed by atoms with Gasteiger partial charge in [0.05, 0.1) is 11.8 Å². The van der Waals surface area contributed by atoms with Gasteiger partial charge in [0, 0.05) is 29.6 Å². The van der Waals surface area contributed by atoms with Crippen LogP contribution in [0.15, 0.2) is 22.7 Å². The van der Waals surface area contributed by atoms with Crippen molar-refractivity contribution >= 4 is 33.4 Å². The van der Waals surface area contributed by atoms with Crippen LogP contribution < -0.4 is 9.64 Å². The Morgan fingerprint density at radius 3 is 2.85 bits per heavy atom. The molecule has 0 aromatic heterocycles. The highest BCUT2D eigenvalue weighted by Crippen LogP contribution is 2.45. The van der Waals surface area contributed by atoms with Crippen LogP contribution in [0.2, 0.25) is 0 Å². The van der Waals surface area contributed by atoms with Gasteiger partial charge >= 0.3 is 0 Å². The van der Waals surface area contributed by atoms with E-state index in [1.165, 1.54) is 4.90 Å². The lowest BCUT2D eigenvalue weighted by Crippen LogP contribution is -2.63. The first-order chi connectivity index (χ1) is 12.3. The lowest BCUT2D eigenvalue weighted by atomic mass is 9.64. The quantitative estimate of drug-likeness (QED) is 0.728. The third kappa shape index (κ3) is 3.34. The van der Waals surface area contributed by atoms with Crippen LogP contribution in [0, 0.1) is 5.41 Å². The SMILES string of the molecule is CCO[C@@H]1C[C@@H](N(C)C(=O)CN2C(=O)COc3cc(Br)ccc32)C1(C)C. The van der Waals surface area contributed by atoms with E-state index in [2.05, 4.69) is 29.8 Å². The molecule has 0 N–H and O–H groups in total. The van der Waals surface area contributed by atoms with Crippen molar-refractivity contribution in [1.29, 1.82) is 0 Å². The first-order valence-electron chi connectivity index (χ1n) is 8.85. The molecule has 1 aromatic rings. The Hall–Kier alpha value is -1.60. The Kier molecular flexibility index (Phi) is 5.30. The topological polar surface area (TPSA) is 59.1 Å². The number of amides is 2. The molecule has 3 rings (SSSR count). The van der Waals surface area contributed by atoms with Gasteiger partial charge in [0.2, 0.25) is 5.91 Å². The summed E-state index contributed by atoms with van der Waals surface area (Å²) in [5, 5.41) is 0. The van der Waals surface area contributed by atoms with E-state index in [0.29, 0.717) is 18.0 Å². The standard InChI is InChI=1S/C19H25BrN2O4/c1-5-25-16-9-15(19(16,2)3)21(4)17(23)10-22-13-7-6-12(20)8-14(13)26-11-18(22)24/h6-8,15-16H,5,9-11H2,1-4H3/t15-,16-/m1/s1. The number of rotatable bonds is 5. The molecule has 2 aliphatic rings. The molecule has 1 heterocycles. The second-order valence-electron chi connectivity index (χ2n) is 7.40. The molecule has 0 bridgehead atoms. The fraction of sp³-hybridized carbons (Fsp3) is 0.579. The maximum atomic E-state index is 12.9. The molecule has 7 heteroatoms. The van der Waals surface area contributed by atoms with Gasteiger partial charge in [0.15, 0.2) is 6.61 Å². The Balaban J connectivity index is 1.71. The molecule has 2 amide bonds. The summed E-state index contributed by atoms with van der Waals surface area (Å²) in [7, 11) is 1.81. The zero-order valence-corrected chi connectivity index (χ0v) is 17.2. The van der Waals surface area contributed by atoms with Gasteiger partial charge < -0.3 is 14.4 Å². The molecule has 1 saturated carbocycles. The third-order valence-electron chi connectivity index (χ3n) is 5.51. The Morgan fingerprint density at radius 2 is 2.19 bits per heavy atom. The van der Waals surface area contributed by atoms with Crippen molar-refractivity contribution in [3.63, 3.8) is 0 Å². The number of nitrogens with zero attached hydrogens (tertiary/aromatic N) is 2. The van der Waals surface area contributed by atoms with Crippen LogP contribution in [-0.4, -0.2) is 55.7 Å². The van der Waals surface area contributed by atoms with Crippen LogP contribution in [0.5, 0.6) is 5.75 Å². The summed E-state index contributed by atoms with van der Waals surface area (Å²) in [5.41, 5.74) is 0.532. The van der Waals surface area contributed by atoms with Crippen molar-refractivity contribution in [1.82, 2.24) is 4.90 Å². The number of fused-ring (bicyclic) bond motifs is 1. The minimum atomic E-state index is -0.207. The average molecular weight is 425 g/mol. The summed E-state index contributed by atoms with van der Waals surface area (Å²) in [5.74, 6) is 0.318. The molecule has 0 radical (unpaired) electrons. The second kappa shape index (κ2) is 7.19. The van der Waals surface area contributed by atoms with E-state index in [-0.39, 0.29) is 42.5 Å². The van der Waals surface area contributed by atoms with Gasteiger partial charge in [-0.15, -0.1) is 0 Å². The van der Waals surface area contributed by atoms with Crippen LogP contribution >= 0.6 is 15.9 Å². The Morgan fingerprint density at radius 1 is 1.46 bits per heavy atom. The fourth-order valence-electron chi connectivity index (χ4n) is 3.78. The highest BCUT2D eigenvalue weighted by Gasteiger charge is 2.51. The largest absolute Gasteiger partial charge is 0.482 e. The summed E-state index contributed by atoms with van der Waals surface area (Å²) in [6.07, 6.45) is 0.986. The van der Waals surface area contributed by atoms with E-state index in [1.807, 2.05) is 26.1 Å². The molecule has 26 heavy (non-hydrogen) atoms. The first kappa shape index (κ1) is 19.2. The van der Waals surface area contributed by atoms with Gasteiger partial charge in [-0.2, -0.15) is 0 Å². The molecule has 0 saturated heterocycles. The first-order valence-corrected chi connectivity index (χ1v) is 9.65. The van der Waals surface area contributed by atoms with Crippen molar-refractivity contribution in [2.45, 2.75) is 39.3 Å². The molecule has 6 nitrogen and oxygen atoms in total. The predicted octanol–water partition coefficient (Wildman–Crippen LogP) is 2.84. The molecule has 0 spiro atoms. The molecule has 1 aliphatic heterocycles. The second-order valence-corrected chi connectivity index (χ2v) is 8.32. The number of hydrogen-bond acceptors (Lipinski definition) is 4. The normalized spacial score (nSPS) is 23.7. The summed E-state index contributed by atoms with van der Waals surface area (Å²) in [6.45, 7) is 6.86. The number of halogens is 1. The van der Waals surface area contributed by atoms with Gasteiger partial charge in [-0.25, -0.2) is 0 Å². The highest BCUT2D eigenvalue weighted by molar-refractivity contribution is 9.10. The lowest BCUT2D eigenvalue weighted by Gasteiger charge is -2.55.